The molecule has 0 radical (unpaired) electrons. The molecule has 0 atom stereocenters. The third-order valence-corrected chi connectivity index (χ3v) is 20.0. The molecule has 78 valence electrons. The molecule has 0 aliphatic heterocycles. The van der Waals surface area contributed by atoms with E-state index in [4.69, 9.17) is 0 Å². The molecule has 2 nitrogen and oxygen atoms in total. The van der Waals surface area contributed by atoms with Crippen LogP contribution in [-0.2, 0) is 4.79 Å². The molecule has 0 spiro atoms. The van der Waals surface area contributed by atoms with Gasteiger partial charge in [-0.1, -0.05) is 31.4 Å². The van der Waals surface area contributed by atoms with E-state index in [9.17, 15) is 9.90 Å². The van der Waals surface area contributed by atoms with E-state index in [0.717, 1.165) is 0 Å². The second kappa shape index (κ2) is 8.48. The summed E-state index contributed by atoms with van der Waals surface area (Å²) < 4.78 is -0.193. The van der Waals surface area contributed by atoms with Crippen LogP contribution < -0.4 is 34.7 Å². The number of carbonyl (C=O) groups is 1. The fraction of sp³-hybridized carbons (Fsp3) is 0.857. The fourth-order valence-electron chi connectivity index (χ4n) is 2.35. The van der Waals surface area contributed by atoms with Gasteiger partial charge in [-0.2, -0.15) is 0 Å². The van der Waals surface area contributed by atoms with E-state index in [1.165, 1.54) is 0 Å². The van der Waals surface area contributed by atoms with E-state index < -0.39 is 25.0 Å². The van der Waals surface area contributed by atoms with E-state index in [-0.39, 0.29) is 53.3 Å². The summed E-state index contributed by atoms with van der Waals surface area (Å²) >= 11 is 0. The van der Waals surface area contributed by atoms with E-state index in [2.05, 4.69) is 26.2 Å². The maximum Gasteiger partial charge on any atom is 1.00 e. The molecule has 0 aromatic rings. The first-order valence-corrected chi connectivity index (χ1v) is 14.0. The second-order valence-corrected chi connectivity index (χ2v) is 13.4. The molecule has 0 rings (SSSR count). The van der Waals surface area contributed by atoms with Crippen molar-refractivity contribution in [3.05, 3.63) is 0 Å². The van der Waals surface area contributed by atoms with Crippen LogP contribution in [0.1, 0.15) is 0 Å². The van der Waals surface area contributed by atoms with Gasteiger partial charge in [-0.15, -0.1) is 0 Å². The van der Waals surface area contributed by atoms with Crippen molar-refractivity contribution in [1.29, 1.82) is 0 Å². The summed E-state index contributed by atoms with van der Waals surface area (Å²) in [7, 11) is -1.11. The number of carboxylic acid groups (broad SMARTS) is 1. The summed E-state index contributed by atoms with van der Waals surface area (Å²) in [5.74, 6) is -0.676. The van der Waals surface area contributed by atoms with Crippen molar-refractivity contribution in [3.8, 4) is 0 Å². The number of hydrogen-bond acceptors (Lipinski definition) is 2. The van der Waals surface area contributed by atoms with Crippen molar-refractivity contribution in [2.75, 3.05) is 0 Å². The number of carboxylic acids is 1. The quantitative estimate of drug-likeness (QED) is 0.453. The smallest absolute Gasteiger partial charge is 0.550 e. The molecule has 0 saturated carbocycles. The van der Waals surface area contributed by atoms with Gasteiger partial charge in [-0.25, -0.2) is 0 Å². The average Bonchev–Trinajstić information content (AvgIpc) is 2.13. The van der Waals surface area contributed by atoms with Gasteiger partial charge < -0.3 is 9.90 Å². The average molecular weight is 273 g/mol. The molecule has 0 bridgehead atoms. The molecule has 0 aliphatic rings. The van der Waals surface area contributed by atoms with Crippen LogP contribution in [0.2, 0.25) is 36.0 Å². The van der Waals surface area contributed by atoms with Crippen molar-refractivity contribution < 1.29 is 39.5 Å². The van der Waals surface area contributed by atoms with Gasteiger partial charge in [0, 0.05) is 44.0 Å². The van der Waals surface area contributed by atoms with Gasteiger partial charge >= 0.3 is 29.6 Å². The SMILES string of the molecule is C[SiH2]C([SiH2]C)C([SiH2]C)([SiH2]C)C(=O)[O-].[Na+]. The summed E-state index contributed by atoms with van der Waals surface area (Å²) in [6.07, 6.45) is 0. The first kappa shape index (κ1) is 17.7. The van der Waals surface area contributed by atoms with E-state index in [1.807, 2.05) is 0 Å². The van der Waals surface area contributed by atoms with Crippen molar-refractivity contribution in [2.45, 2.75) is 36.0 Å². The zero-order valence-electron chi connectivity index (χ0n) is 10.2. The zero-order chi connectivity index (χ0) is 10.5. The third kappa shape index (κ3) is 3.73. The predicted molar refractivity (Wildman–Crippen MR) is 69.1 cm³/mol. The normalized spacial score (nSPS) is 20.0. The van der Waals surface area contributed by atoms with Crippen molar-refractivity contribution in [2.24, 2.45) is 0 Å². The maximum absolute atomic E-state index is 11.2. The molecule has 0 aromatic heterocycles. The van der Waals surface area contributed by atoms with Gasteiger partial charge in [0.2, 0.25) is 0 Å². The Balaban J connectivity index is 0. The molecule has 7 heteroatoms. The second-order valence-electron chi connectivity index (χ2n) is 3.66. The van der Waals surface area contributed by atoms with E-state index in [1.54, 1.807) is 0 Å². The van der Waals surface area contributed by atoms with Crippen LogP contribution in [0.15, 0.2) is 0 Å². The summed E-state index contributed by atoms with van der Waals surface area (Å²) in [6.45, 7) is 8.86. The number of aliphatic carboxylic acids is 1. The van der Waals surface area contributed by atoms with Gasteiger partial charge in [0.1, 0.15) is 0 Å². The number of hydrogen-bond donors (Lipinski definition) is 0. The van der Waals surface area contributed by atoms with Crippen LogP contribution >= 0.6 is 0 Å². The summed E-state index contributed by atoms with van der Waals surface area (Å²) in [4.78, 5) is 11.2. The van der Waals surface area contributed by atoms with Crippen LogP contribution in [0.3, 0.4) is 0 Å². The van der Waals surface area contributed by atoms with Crippen molar-refractivity contribution in [3.63, 3.8) is 0 Å². The van der Waals surface area contributed by atoms with Gasteiger partial charge in [-0.3, -0.25) is 0 Å². The van der Waals surface area contributed by atoms with E-state index in [0.29, 0.717) is 5.16 Å². The Hall–Kier alpha value is 1.34. The Labute approximate surface area is 119 Å². The van der Waals surface area contributed by atoms with Gasteiger partial charge in [-0.05, 0) is 4.66 Å². The monoisotopic (exact) mass is 272 g/mol. The predicted octanol–water partition coefficient (Wildman–Crippen LogP) is -5.53. The number of rotatable bonds is 6. The first-order valence-electron chi connectivity index (χ1n) is 5.30. The zero-order valence-corrected chi connectivity index (χ0v) is 17.9. The van der Waals surface area contributed by atoms with Crippen LogP contribution in [0.5, 0.6) is 0 Å². The van der Waals surface area contributed by atoms with Gasteiger partial charge in [0.05, 0.1) is 0 Å². The summed E-state index contributed by atoms with van der Waals surface area (Å²) in [6, 6.07) is 0. The molecular weight excluding hydrogens is 251 g/mol. The minimum atomic E-state index is -0.676. The van der Waals surface area contributed by atoms with Crippen LogP contribution in [0, 0.1) is 0 Å². The van der Waals surface area contributed by atoms with Gasteiger partial charge in [0.15, 0.2) is 0 Å². The Kier molecular flexibility index (Phi) is 10.7. The summed E-state index contributed by atoms with van der Waals surface area (Å²) in [5.41, 5.74) is 0. The molecule has 0 saturated heterocycles. The molecule has 0 fully saturated rings. The Morgan fingerprint density at radius 3 is 1.57 bits per heavy atom. The van der Waals surface area contributed by atoms with Gasteiger partial charge in [0.25, 0.3) is 0 Å². The molecule has 0 amide bonds. The molecule has 0 unspecified atom stereocenters. The number of carbonyl (C=O) groups excluding carboxylic acids is 1. The molecule has 14 heavy (non-hydrogen) atoms. The summed E-state index contributed by atoms with van der Waals surface area (Å²) in [5, 5.41) is 11.9. The van der Waals surface area contributed by atoms with E-state index >= 15 is 0 Å². The topological polar surface area (TPSA) is 40.1 Å². The van der Waals surface area contributed by atoms with Crippen molar-refractivity contribution >= 4 is 44.0 Å². The molecule has 0 aliphatic carbocycles. The first-order chi connectivity index (χ1) is 6.08. The fourth-order valence-corrected chi connectivity index (χ4v) is 17.2. The largest absolute Gasteiger partial charge is 1.00 e. The maximum atomic E-state index is 11.2. The standard InChI is InChI=1S/C7H22O2Si4.Na/c1-10-6(11-2)7(12-3,13-4)5(8)9;/h6H,10-13H2,1-4H3,(H,8,9);/q;+1/p-1. The van der Waals surface area contributed by atoms with Crippen LogP contribution in [0.25, 0.3) is 0 Å². The Morgan fingerprint density at radius 2 is 1.50 bits per heavy atom. The van der Waals surface area contributed by atoms with Crippen molar-refractivity contribution in [1.82, 2.24) is 0 Å². The minimum Gasteiger partial charge on any atom is -0.550 e. The van der Waals surface area contributed by atoms with Crippen LogP contribution in [0.4, 0.5) is 0 Å². The minimum absolute atomic E-state index is 0. The third-order valence-electron chi connectivity index (χ3n) is 3.44. The molecule has 0 N–H and O–H groups in total. The molecule has 0 aromatic carbocycles. The molecule has 0 heterocycles. The Morgan fingerprint density at radius 1 is 1.14 bits per heavy atom. The Bertz CT molecular complexity index is 171. The molecular formula is C7H21NaO2Si4. The van der Waals surface area contributed by atoms with Crippen LogP contribution in [-0.4, -0.2) is 44.0 Å².